The first kappa shape index (κ1) is 16.8. The van der Waals surface area contributed by atoms with Crippen molar-refractivity contribution in [1.29, 1.82) is 0 Å². The molecule has 0 aliphatic carbocycles. The lowest BCUT2D eigenvalue weighted by Gasteiger charge is -2.36. The van der Waals surface area contributed by atoms with Gasteiger partial charge in [-0.25, -0.2) is 0 Å². The van der Waals surface area contributed by atoms with Crippen molar-refractivity contribution >= 4 is 22.4 Å². The molecule has 1 fully saturated rings. The Morgan fingerprint density at radius 1 is 1.31 bits per heavy atom. The number of aryl methyl sites for hydroxylation is 1. The molecule has 1 amide bonds. The molecule has 2 aromatic heterocycles. The van der Waals surface area contributed by atoms with Gasteiger partial charge in [0.1, 0.15) is 5.01 Å². The molecular weight excluding hydrogens is 352 g/mol. The van der Waals surface area contributed by atoms with Crippen molar-refractivity contribution in [3.8, 4) is 0 Å². The van der Waals surface area contributed by atoms with E-state index in [0.29, 0.717) is 29.8 Å². The fourth-order valence-electron chi connectivity index (χ4n) is 2.85. The van der Waals surface area contributed by atoms with Crippen molar-refractivity contribution in [2.45, 2.75) is 19.3 Å². The van der Waals surface area contributed by atoms with Crippen LogP contribution >= 0.6 is 11.3 Å². The third kappa shape index (κ3) is 3.94. The molecule has 1 aliphatic heterocycles. The average Bonchev–Trinajstić information content (AvgIpc) is 3.20. The maximum atomic E-state index is 12.0. The molecule has 0 atom stereocenters. The van der Waals surface area contributed by atoms with Gasteiger partial charge in [-0.1, -0.05) is 46.8 Å². The number of amides is 1. The lowest BCUT2D eigenvalue weighted by Crippen LogP contribution is -2.48. The molecule has 3 aromatic rings. The van der Waals surface area contributed by atoms with Gasteiger partial charge in [0, 0.05) is 19.5 Å². The van der Waals surface area contributed by atoms with Gasteiger partial charge in [0.15, 0.2) is 5.82 Å². The number of carbonyl (C=O) groups excluding carboxylic acids is 1. The highest BCUT2D eigenvalue weighted by Gasteiger charge is 2.33. The van der Waals surface area contributed by atoms with E-state index in [-0.39, 0.29) is 11.8 Å². The monoisotopic (exact) mass is 370 g/mol. The summed E-state index contributed by atoms with van der Waals surface area (Å²) in [5.74, 6) is 1.43. The molecule has 4 rings (SSSR count). The maximum absolute atomic E-state index is 12.0. The summed E-state index contributed by atoms with van der Waals surface area (Å²) in [7, 11) is 0. The molecular formula is C17H18N6O2S. The molecule has 3 heterocycles. The van der Waals surface area contributed by atoms with Gasteiger partial charge in [0.25, 0.3) is 0 Å². The second-order valence-corrected chi connectivity index (χ2v) is 7.46. The average molecular weight is 370 g/mol. The first-order valence-electron chi connectivity index (χ1n) is 8.34. The molecule has 1 saturated heterocycles. The zero-order valence-electron chi connectivity index (χ0n) is 14.3. The van der Waals surface area contributed by atoms with Gasteiger partial charge in [-0.15, -0.1) is 10.2 Å². The van der Waals surface area contributed by atoms with Crippen molar-refractivity contribution in [3.05, 3.63) is 52.6 Å². The third-order valence-corrected chi connectivity index (χ3v) is 4.89. The number of nitrogens with one attached hydrogen (secondary N) is 1. The second kappa shape index (κ2) is 7.30. The van der Waals surface area contributed by atoms with E-state index >= 15 is 0 Å². The highest BCUT2D eigenvalue weighted by Crippen LogP contribution is 2.26. The van der Waals surface area contributed by atoms with E-state index < -0.39 is 0 Å². The van der Waals surface area contributed by atoms with E-state index in [1.807, 2.05) is 42.2 Å². The Labute approximate surface area is 154 Å². The molecule has 1 N–H and O–H groups in total. The number of likely N-dealkylation sites (tertiary alicyclic amines) is 1. The largest absolute Gasteiger partial charge is 0.339 e. The fraction of sp³-hybridized carbons (Fsp3) is 0.353. The van der Waals surface area contributed by atoms with E-state index in [2.05, 4.69) is 25.7 Å². The predicted molar refractivity (Wildman–Crippen MR) is 96.0 cm³/mol. The lowest BCUT2D eigenvalue weighted by molar-refractivity contribution is -0.118. The van der Waals surface area contributed by atoms with Gasteiger partial charge < -0.3 is 4.52 Å². The Balaban J connectivity index is 1.25. The molecule has 0 bridgehead atoms. The number of benzene rings is 1. The number of rotatable bonds is 6. The van der Waals surface area contributed by atoms with E-state index in [9.17, 15) is 4.79 Å². The van der Waals surface area contributed by atoms with Crippen molar-refractivity contribution in [1.82, 2.24) is 25.2 Å². The Morgan fingerprint density at radius 2 is 2.12 bits per heavy atom. The van der Waals surface area contributed by atoms with E-state index in [4.69, 9.17) is 4.52 Å². The normalized spacial score (nSPS) is 15.0. The summed E-state index contributed by atoms with van der Waals surface area (Å²) in [6.07, 6.45) is 0.657. The smallest absolute Gasteiger partial charge is 0.240 e. The van der Waals surface area contributed by atoms with Crippen LogP contribution < -0.4 is 5.32 Å². The van der Waals surface area contributed by atoms with Crippen molar-refractivity contribution in [3.63, 3.8) is 0 Å². The predicted octanol–water partition coefficient (Wildman–Crippen LogP) is 1.86. The number of nitrogens with zero attached hydrogens (tertiary/aromatic N) is 5. The molecule has 0 saturated carbocycles. The van der Waals surface area contributed by atoms with E-state index in [0.717, 1.165) is 23.7 Å². The minimum absolute atomic E-state index is 0.0881. The molecule has 0 unspecified atom stereocenters. The van der Waals surface area contributed by atoms with Crippen LogP contribution in [0.2, 0.25) is 0 Å². The Morgan fingerprint density at radius 3 is 2.85 bits per heavy atom. The number of aromatic nitrogens is 4. The summed E-state index contributed by atoms with van der Waals surface area (Å²) in [5, 5.41) is 16.0. The Bertz CT molecular complexity index is 888. The summed E-state index contributed by atoms with van der Waals surface area (Å²) in [5.41, 5.74) is 1.15. The Hall–Kier alpha value is -2.65. The van der Waals surface area contributed by atoms with Crippen LogP contribution in [0.15, 0.2) is 34.9 Å². The summed E-state index contributed by atoms with van der Waals surface area (Å²) in [6.45, 7) is 3.63. The SMILES string of the molecule is Cc1nnc(NC(=O)CN2CC(c3nc(Cc4ccccc4)no3)C2)s1. The second-order valence-electron chi connectivity index (χ2n) is 6.28. The number of hydrogen-bond donors (Lipinski definition) is 1. The van der Waals surface area contributed by atoms with Crippen LogP contribution in [-0.4, -0.2) is 50.8 Å². The van der Waals surface area contributed by atoms with Crippen molar-refractivity contribution in [2.24, 2.45) is 0 Å². The number of carbonyl (C=O) groups is 1. The van der Waals surface area contributed by atoms with Gasteiger partial charge in [-0.3, -0.25) is 15.0 Å². The van der Waals surface area contributed by atoms with Gasteiger partial charge in [0.05, 0.1) is 12.5 Å². The molecule has 0 radical (unpaired) electrons. The quantitative estimate of drug-likeness (QED) is 0.707. The topological polar surface area (TPSA) is 97.0 Å². The summed E-state index contributed by atoms with van der Waals surface area (Å²) >= 11 is 1.36. The van der Waals surface area contributed by atoms with Gasteiger partial charge >= 0.3 is 0 Å². The summed E-state index contributed by atoms with van der Waals surface area (Å²) < 4.78 is 5.39. The fourth-order valence-corrected chi connectivity index (χ4v) is 3.46. The summed E-state index contributed by atoms with van der Waals surface area (Å²) in [6, 6.07) is 10.1. The molecule has 1 aliphatic rings. The molecule has 1 aromatic carbocycles. The first-order valence-corrected chi connectivity index (χ1v) is 9.16. The minimum atomic E-state index is -0.0881. The maximum Gasteiger partial charge on any atom is 0.240 e. The highest BCUT2D eigenvalue weighted by molar-refractivity contribution is 7.15. The van der Waals surface area contributed by atoms with Crippen LogP contribution in [0.3, 0.4) is 0 Å². The zero-order chi connectivity index (χ0) is 17.9. The van der Waals surface area contributed by atoms with Crippen molar-refractivity contribution in [2.75, 3.05) is 25.0 Å². The van der Waals surface area contributed by atoms with Gasteiger partial charge in [-0.05, 0) is 12.5 Å². The zero-order valence-corrected chi connectivity index (χ0v) is 15.1. The van der Waals surface area contributed by atoms with Crippen LogP contribution in [0.1, 0.15) is 28.2 Å². The van der Waals surface area contributed by atoms with Crippen LogP contribution in [-0.2, 0) is 11.2 Å². The molecule has 134 valence electrons. The minimum Gasteiger partial charge on any atom is -0.339 e. The lowest BCUT2D eigenvalue weighted by atomic mass is 10.0. The van der Waals surface area contributed by atoms with Gasteiger partial charge in [0.2, 0.25) is 16.9 Å². The van der Waals surface area contributed by atoms with E-state index in [1.54, 1.807) is 0 Å². The summed E-state index contributed by atoms with van der Waals surface area (Å²) in [4.78, 5) is 18.5. The number of anilines is 1. The third-order valence-electron chi connectivity index (χ3n) is 4.13. The van der Waals surface area contributed by atoms with Crippen LogP contribution in [0.5, 0.6) is 0 Å². The molecule has 0 spiro atoms. The highest BCUT2D eigenvalue weighted by atomic mass is 32.1. The van der Waals surface area contributed by atoms with Crippen LogP contribution in [0, 0.1) is 6.92 Å². The first-order chi connectivity index (χ1) is 12.7. The molecule has 26 heavy (non-hydrogen) atoms. The van der Waals surface area contributed by atoms with Crippen LogP contribution in [0.4, 0.5) is 5.13 Å². The number of hydrogen-bond acceptors (Lipinski definition) is 8. The molecule has 8 nitrogen and oxygen atoms in total. The van der Waals surface area contributed by atoms with Gasteiger partial charge in [-0.2, -0.15) is 4.98 Å². The van der Waals surface area contributed by atoms with Crippen molar-refractivity contribution < 1.29 is 9.32 Å². The standard InChI is InChI=1S/C17H18N6O2S/c1-11-20-21-17(26-11)19-15(24)10-23-8-13(9-23)16-18-14(22-25-16)7-12-5-3-2-4-6-12/h2-6,13H,7-10H2,1H3,(H,19,21,24). The van der Waals surface area contributed by atoms with E-state index in [1.165, 1.54) is 11.3 Å². The van der Waals surface area contributed by atoms with Crippen LogP contribution in [0.25, 0.3) is 0 Å². The Kier molecular flexibility index (Phi) is 4.72. The molecule has 9 heteroatoms.